The highest BCUT2D eigenvalue weighted by Gasteiger charge is 2.27. The van der Waals surface area contributed by atoms with E-state index in [-0.39, 0.29) is 45.2 Å². The van der Waals surface area contributed by atoms with Gasteiger partial charge in [0.2, 0.25) is 11.2 Å². The third-order valence-electron chi connectivity index (χ3n) is 3.92. The maximum absolute atomic E-state index is 12.3. The number of aromatic nitrogens is 1. The van der Waals surface area contributed by atoms with Gasteiger partial charge in [-0.25, -0.2) is 14.6 Å². The summed E-state index contributed by atoms with van der Waals surface area (Å²) >= 11 is 0. The van der Waals surface area contributed by atoms with Gasteiger partial charge in [0.25, 0.3) is 0 Å². The molecule has 1 aliphatic heterocycles. The first-order valence-corrected chi connectivity index (χ1v) is 7.66. The van der Waals surface area contributed by atoms with E-state index in [2.05, 4.69) is 4.98 Å². The quantitative estimate of drug-likeness (QED) is 0.499. The zero-order valence-electron chi connectivity index (χ0n) is 14.9. The van der Waals surface area contributed by atoms with Crippen molar-refractivity contribution in [1.29, 1.82) is 0 Å². The summed E-state index contributed by atoms with van der Waals surface area (Å²) in [5, 5.41) is 0. The van der Waals surface area contributed by atoms with E-state index in [1.165, 1.54) is 40.6 Å². The van der Waals surface area contributed by atoms with E-state index >= 15 is 0 Å². The Morgan fingerprint density at radius 1 is 0.963 bits per heavy atom. The van der Waals surface area contributed by atoms with Gasteiger partial charge in [-0.15, -0.1) is 0 Å². The molecule has 2 aliphatic rings. The van der Waals surface area contributed by atoms with E-state index in [0.29, 0.717) is 0 Å². The van der Waals surface area contributed by atoms with Gasteiger partial charge in [-0.2, -0.15) is 0 Å². The highest BCUT2D eigenvalue weighted by molar-refractivity contribution is 6.10. The lowest BCUT2D eigenvalue weighted by molar-refractivity contribution is 0.0556. The molecular weight excluding hydrogens is 358 g/mol. The molecule has 9 nitrogen and oxygen atoms in total. The molecule has 1 aromatic carbocycles. The third kappa shape index (κ3) is 2.82. The van der Waals surface area contributed by atoms with Gasteiger partial charge < -0.3 is 23.4 Å². The maximum Gasteiger partial charge on any atom is 0.342 e. The number of nitrogens with zero attached hydrogens (tertiary/aromatic N) is 1. The predicted molar refractivity (Wildman–Crippen MR) is 92.7 cm³/mol. The first kappa shape index (κ1) is 18.2. The van der Waals surface area contributed by atoms with Crippen LogP contribution in [-0.2, 0) is 9.47 Å². The number of fused-ring (bicyclic) bond motifs is 2. The van der Waals surface area contributed by atoms with Crippen LogP contribution >= 0.6 is 0 Å². The van der Waals surface area contributed by atoms with Gasteiger partial charge >= 0.3 is 11.9 Å². The van der Waals surface area contributed by atoms with Gasteiger partial charge in [0, 0.05) is 6.07 Å². The minimum Gasteiger partial charge on any atom is -0.491 e. The molecule has 0 spiro atoms. The molecule has 0 aromatic heterocycles. The molecule has 0 atom stereocenters. The average Bonchev–Trinajstić information content (AvgIpc) is 2.69. The van der Waals surface area contributed by atoms with Crippen molar-refractivity contribution in [2.24, 2.45) is 0 Å². The maximum atomic E-state index is 12.3. The number of rotatable bonds is 4. The van der Waals surface area contributed by atoms with Gasteiger partial charge in [0.05, 0.1) is 34.0 Å². The van der Waals surface area contributed by atoms with Gasteiger partial charge in [-0.1, -0.05) is 0 Å². The largest absolute Gasteiger partial charge is 0.491 e. The number of carbonyl (C=O) groups excluding carboxylic acids is 2. The van der Waals surface area contributed by atoms with E-state index < -0.39 is 17.4 Å². The van der Waals surface area contributed by atoms with Crippen molar-refractivity contribution in [3.63, 3.8) is 0 Å². The fourth-order valence-corrected chi connectivity index (χ4v) is 2.73. The highest BCUT2D eigenvalue weighted by atomic mass is 16.5. The van der Waals surface area contributed by atoms with Crippen molar-refractivity contribution in [3.05, 3.63) is 39.5 Å². The van der Waals surface area contributed by atoms with Crippen LogP contribution in [0.1, 0.15) is 20.7 Å². The molecule has 0 unspecified atom stereocenters. The van der Waals surface area contributed by atoms with E-state index in [0.717, 1.165) is 6.07 Å². The molecule has 1 heterocycles. The Labute approximate surface area is 152 Å². The lowest BCUT2D eigenvalue weighted by Gasteiger charge is -2.15. The molecule has 0 amide bonds. The van der Waals surface area contributed by atoms with Crippen LogP contribution in [0.2, 0.25) is 0 Å². The zero-order chi connectivity index (χ0) is 19.7. The van der Waals surface area contributed by atoms with Crippen molar-refractivity contribution < 1.29 is 33.0 Å². The topological polar surface area (TPSA) is 114 Å². The monoisotopic (exact) mass is 373 g/mol. The second-order valence-corrected chi connectivity index (χ2v) is 5.32. The number of methoxy groups -OCH3 is 4. The SMILES string of the molecule is COC(=O)c1ccc2nc3c(OC)c(OC)c(=O)cc-3oc2c1C(=O)OC. The van der Waals surface area contributed by atoms with Crippen LogP contribution in [0.25, 0.3) is 22.6 Å². The van der Waals surface area contributed by atoms with Gasteiger partial charge in [0.15, 0.2) is 22.8 Å². The molecule has 140 valence electrons. The summed E-state index contributed by atoms with van der Waals surface area (Å²) in [6, 6.07) is 4.02. The number of esters is 2. The molecular formula is C18H15NO8. The third-order valence-corrected chi connectivity index (χ3v) is 3.92. The van der Waals surface area contributed by atoms with Crippen LogP contribution in [0.3, 0.4) is 0 Å². The Morgan fingerprint density at radius 3 is 2.22 bits per heavy atom. The molecule has 0 fully saturated rings. The van der Waals surface area contributed by atoms with E-state index in [4.69, 9.17) is 23.4 Å². The molecule has 27 heavy (non-hydrogen) atoms. The average molecular weight is 373 g/mol. The molecule has 0 saturated heterocycles. The van der Waals surface area contributed by atoms with Crippen LogP contribution in [0.4, 0.5) is 0 Å². The fraction of sp³-hybridized carbons (Fsp3) is 0.222. The summed E-state index contributed by atoms with van der Waals surface area (Å²) in [4.78, 5) is 40.9. The minimum atomic E-state index is -0.811. The predicted octanol–water partition coefficient (Wildman–Crippen LogP) is 1.88. The Morgan fingerprint density at radius 2 is 1.63 bits per heavy atom. The first-order valence-electron chi connectivity index (χ1n) is 7.66. The van der Waals surface area contributed by atoms with E-state index in [1.54, 1.807) is 0 Å². The molecule has 0 N–H and O–H groups in total. The Bertz CT molecular complexity index is 1080. The van der Waals surface area contributed by atoms with Crippen LogP contribution in [0.5, 0.6) is 11.5 Å². The summed E-state index contributed by atoms with van der Waals surface area (Å²) in [6.45, 7) is 0. The smallest absolute Gasteiger partial charge is 0.342 e. The minimum absolute atomic E-state index is 0.0218. The van der Waals surface area contributed by atoms with Gasteiger partial charge in [-0.05, 0) is 12.1 Å². The van der Waals surface area contributed by atoms with E-state index in [1.807, 2.05) is 0 Å². The summed E-state index contributed by atoms with van der Waals surface area (Å²) in [5.41, 5.74) is -0.250. The second kappa shape index (κ2) is 6.94. The van der Waals surface area contributed by atoms with Crippen molar-refractivity contribution in [2.75, 3.05) is 28.4 Å². The lowest BCUT2D eigenvalue weighted by atomic mass is 10.1. The van der Waals surface area contributed by atoms with E-state index in [9.17, 15) is 14.4 Å². The van der Waals surface area contributed by atoms with Crippen LogP contribution in [-0.4, -0.2) is 45.4 Å². The van der Waals surface area contributed by atoms with Crippen LogP contribution in [0, 0.1) is 0 Å². The highest BCUT2D eigenvalue weighted by Crippen LogP contribution is 2.38. The standard InChI is InChI=1S/C18H15NO8/c1-23-15-10(20)7-11-13(16(15)24-2)19-9-6-5-8(17(21)25-3)12(14(9)27-11)18(22)26-4/h5-7H,1-4H3. The molecule has 1 aromatic rings. The van der Waals surface area contributed by atoms with Crippen LogP contribution < -0.4 is 14.9 Å². The molecule has 1 aliphatic carbocycles. The van der Waals surface area contributed by atoms with Crippen molar-refractivity contribution in [3.8, 4) is 23.0 Å². The Balaban J connectivity index is 2.47. The van der Waals surface area contributed by atoms with Crippen molar-refractivity contribution in [2.45, 2.75) is 0 Å². The molecule has 0 saturated carbocycles. The summed E-state index contributed by atoms with van der Waals surface area (Å²) in [7, 11) is 5.05. The number of hydrogen-bond acceptors (Lipinski definition) is 9. The first-order chi connectivity index (χ1) is 13.0. The molecule has 0 bridgehead atoms. The Hall–Kier alpha value is -3.62. The molecule has 0 radical (unpaired) electrons. The normalized spacial score (nSPS) is 10.7. The zero-order valence-corrected chi connectivity index (χ0v) is 14.9. The summed E-state index contributed by atoms with van der Waals surface area (Å²) in [6.07, 6.45) is 0. The Kier molecular flexibility index (Phi) is 4.68. The summed E-state index contributed by atoms with van der Waals surface area (Å²) < 4.78 is 25.5. The fourth-order valence-electron chi connectivity index (χ4n) is 2.73. The number of hydrogen-bond donors (Lipinski definition) is 0. The van der Waals surface area contributed by atoms with Gasteiger partial charge in [-0.3, -0.25) is 4.79 Å². The number of benzene rings is 2. The van der Waals surface area contributed by atoms with Gasteiger partial charge in [0.1, 0.15) is 11.1 Å². The van der Waals surface area contributed by atoms with Crippen LogP contribution in [0.15, 0.2) is 27.4 Å². The number of carbonyl (C=O) groups is 2. The molecule has 9 heteroatoms. The molecule has 3 rings (SSSR count). The van der Waals surface area contributed by atoms with Crippen molar-refractivity contribution in [1.82, 2.24) is 4.98 Å². The lowest BCUT2D eigenvalue weighted by Crippen LogP contribution is -2.14. The number of ether oxygens (including phenoxy) is 4. The summed E-state index contributed by atoms with van der Waals surface area (Å²) in [5.74, 6) is -1.43. The van der Waals surface area contributed by atoms with Crippen molar-refractivity contribution >= 4 is 23.0 Å². The second-order valence-electron chi connectivity index (χ2n) is 5.32.